The van der Waals surface area contributed by atoms with Gasteiger partial charge in [0.25, 0.3) is 0 Å². The van der Waals surface area contributed by atoms with Gasteiger partial charge in [-0.15, -0.1) is 0 Å². The zero-order valence-corrected chi connectivity index (χ0v) is 15.7. The minimum Gasteiger partial charge on any atom is -0.348 e. The number of nitrogens with zero attached hydrogens (tertiary/aromatic N) is 1. The maximum Gasteiger partial charge on any atom is 0.244 e. The van der Waals surface area contributed by atoms with Gasteiger partial charge >= 0.3 is 0 Å². The Kier molecular flexibility index (Phi) is 7.06. The smallest absolute Gasteiger partial charge is 0.244 e. The second-order valence-corrected chi connectivity index (χ2v) is 7.89. The maximum atomic E-state index is 12.1. The van der Waals surface area contributed by atoms with Crippen LogP contribution in [0.15, 0.2) is 54.9 Å². The highest BCUT2D eigenvalue weighted by Gasteiger charge is 2.15. The number of carbonyl (C=O) groups excluding carboxylic acids is 1. The number of amides is 1. The predicted octanol–water partition coefficient (Wildman–Crippen LogP) is 2.24. The first-order chi connectivity index (χ1) is 12.4. The predicted molar refractivity (Wildman–Crippen MR) is 102 cm³/mol. The summed E-state index contributed by atoms with van der Waals surface area (Å²) in [6, 6.07) is 10.6. The summed E-state index contributed by atoms with van der Waals surface area (Å²) >= 11 is 0. The van der Waals surface area contributed by atoms with Gasteiger partial charge < -0.3 is 5.32 Å². The van der Waals surface area contributed by atoms with Gasteiger partial charge in [-0.2, -0.15) is 0 Å². The highest BCUT2D eigenvalue weighted by molar-refractivity contribution is 7.88. The van der Waals surface area contributed by atoms with E-state index in [0.717, 1.165) is 11.1 Å². The van der Waals surface area contributed by atoms with E-state index >= 15 is 0 Å². The molecule has 6 nitrogen and oxygen atoms in total. The molecule has 138 valence electrons. The summed E-state index contributed by atoms with van der Waals surface area (Å²) < 4.78 is 26.9. The Hall–Kier alpha value is -2.51. The number of hydrogen-bond donors (Lipinski definition) is 2. The quantitative estimate of drug-likeness (QED) is 0.695. The van der Waals surface area contributed by atoms with Crippen molar-refractivity contribution in [2.75, 3.05) is 0 Å². The Morgan fingerprint density at radius 2 is 1.88 bits per heavy atom. The van der Waals surface area contributed by atoms with Gasteiger partial charge in [0.2, 0.25) is 15.9 Å². The monoisotopic (exact) mass is 373 g/mol. The summed E-state index contributed by atoms with van der Waals surface area (Å²) in [4.78, 5) is 16.0. The fourth-order valence-corrected chi connectivity index (χ4v) is 3.86. The third-order valence-corrected chi connectivity index (χ3v) is 4.97. The molecule has 0 bridgehead atoms. The maximum absolute atomic E-state index is 12.1. The van der Waals surface area contributed by atoms with E-state index in [0.29, 0.717) is 5.56 Å². The summed E-state index contributed by atoms with van der Waals surface area (Å²) in [5, 5.41) is 2.77. The zero-order chi connectivity index (χ0) is 19.0. The summed E-state index contributed by atoms with van der Waals surface area (Å²) in [5.41, 5.74) is 2.26. The lowest BCUT2D eigenvalue weighted by Crippen LogP contribution is -2.31. The second kappa shape index (κ2) is 9.26. The number of aromatic nitrogens is 1. The number of sulfonamides is 1. The number of rotatable bonds is 8. The van der Waals surface area contributed by atoms with Crippen LogP contribution in [0.1, 0.15) is 30.5 Å². The Bertz CT molecular complexity index is 863. The van der Waals surface area contributed by atoms with Crippen LogP contribution in [-0.2, 0) is 27.1 Å². The Balaban J connectivity index is 1.99. The van der Waals surface area contributed by atoms with Crippen molar-refractivity contribution >= 4 is 22.0 Å². The van der Waals surface area contributed by atoms with Gasteiger partial charge in [-0.1, -0.05) is 30.3 Å². The lowest BCUT2D eigenvalue weighted by molar-refractivity contribution is -0.116. The molecule has 1 heterocycles. The highest BCUT2D eigenvalue weighted by Crippen LogP contribution is 2.12. The molecular weight excluding hydrogens is 350 g/mol. The van der Waals surface area contributed by atoms with Crippen LogP contribution in [0.5, 0.6) is 0 Å². The van der Waals surface area contributed by atoms with Gasteiger partial charge in [0.1, 0.15) is 0 Å². The molecule has 2 N–H and O–H groups in total. The van der Waals surface area contributed by atoms with Crippen LogP contribution in [0, 0.1) is 0 Å². The van der Waals surface area contributed by atoms with E-state index < -0.39 is 10.0 Å². The molecule has 7 heteroatoms. The van der Waals surface area contributed by atoms with Gasteiger partial charge in [-0.3, -0.25) is 9.78 Å². The number of hydrogen-bond acceptors (Lipinski definition) is 4. The molecule has 0 fully saturated rings. The first kappa shape index (κ1) is 19.8. The standard InChI is InChI=1S/C19H23N3O3S/c1-15(2)22-26(24,25)14-18-8-4-3-7-17(18)13-21-19(23)10-9-16-6-5-11-20-12-16/h3-12,15,22H,13-14H2,1-2H3,(H,21,23)/b10-9+. The largest absolute Gasteiger partial charge is 0.348 e. The minimum atomic E-state index is -3.42. The van der Waals surface area contributed by atoms with Crippen LogP contribution in [-0.4, -0.2) is 25.4 Å². The van der Waals surface area contributed by atoms with Gasteiger partial charge in [-0.25, -0.2) is 13.1 Å². The van der Waals surface area contributed by atoms with Crippen LogP contribution in [0.2, 0.25) is 0 Å². The fraction of sp³-hybridized carbons (Fsp3) is 0.263. The van der Waals surface area contributed by atoms with E-state index in [4.69, 9.17) is 0 Å². The van der Waals surface area contributed by atoms with Crippen molar-refractivity contribution in [3.8, 4) is 0 Å². The highest BCUT2D eigenvalue weighted by atomic mass is 32.2. The molecule has 0 spiro atoms. The fourth-order valence-electron chi connectivity index (χ4n) is 2.36. The minimum absolute atomic E-state index is 0.122. The van der Waals surface area contributed by atoms with Crippen molar-refractivity contribution in [2.24, 2.45) is 0 Å². The van der Waals surface area contributed by atoms with E-state index in [1.54, 1.807) is 50.5 Å². The second-order valence-electron chi connectivity index (χ2n) is 6.14. The summed E-state index contributed by atoms with van der Waals surface area (Å²) in [6.45, 7) is 3.81. The molecular formula is C19H23N3O3S. The Morgan fingerprint density at radius 3 is 2.54 bits per heavy atom. The van der Waals surface area contributed by atoms with Crippen molar-refractivity contribution < 1.29 is 13.2 Å². The molecule has 0 unspecified atom stereocenters. The molecule has 0 aliphatic carbocycles. The van der Waals surface area contributed by atoms with Crippen LogP contribution in [0.25, 0.3) is 6.08 Å². The third kappa shape index (κ3) is 6.78. The number of nitrogens with one attached hydrogen (secondary N) is 2. The van der Waals surface area contributed by atoms with Crippen molar-refractivity contribution in [1.29, 1.82) is 0 Å². The molecule has 26 heavy (non-hydrogen) atoms. The third-order valence-electron chi connectivity index (χ3n) is 3.44. The molecule has 0 saturated heterocycles. The van der Waals surface area contributed by atoms with Gasteiger partial charge in [-0.05, 0) is 42.7 Å². The lowest BCUT2D eigenvalue weighted by atomic mass is 10.1. The van der Waals surface area contributed by atoms with Crippen LogP contribution in [0.3, 0.4) is 0 Å². The van der Waals surface area contributed by atoms with Gasteiger partial charge in [0.05, 0.1) is 5.75 Å². The van der Waals surface area contributed by atoms with E-state index in [9.17, 15) is 13.2 Å². The van der Waals surface area contributed by atoms with Crippen LogP contribution >= 0.6 is 0 Å². The van der Waals surface area contributed by atoms with Crippen LogP contribution in [0.4, 0.5) is 0 Å². The topological polar surface area (TPSA) is 88.2 Å². The van der Waals surface area contributed by atoms with E-state index in [-0.39, 0.29) is 24.2 Å². The van der Waals surface area contributed by atoms with Crippen molar-refractivity contribution in [3.63, 3.8) is 0 Å². The van der Waals surface area contributed by atoms with Crippen molar-refractivity contribution in [1.82, 2.24) is 15.0 Å². The van der Waals surface area contributed by atoms with Crippen molar-refractivity contribution in [2.45, 2.75) is 32.2 Å². The van der Waals surface area contributed by atoms with E-state index in [1.807, 2.05) is 18.2 Å². The Labute approximate surface area is 154 Å². The molecule has 0 radical (unpaired) electrons. The van der Waals surface area contributed by atoms with Crippen molar-refractivity contribution in [3.05, 3.63) is 71.6 Å². The van der Waals surface area contributed by atoms with E-state index in [1.165, 1.54) is 6.08 Å². The number of pyridine rings is 1. The molecule has 2 rings (SSSR count). The average molecular weight is 373 g/mol. The molecule has 0 atom stereocenters. The normalized spacial score (nSPS) is 11.8. The molecule has 2 aromatic rings. The number of carbonyl (C=O) groups is 1. The van der Waals surface area contributed by atoms with Gasteiger partial charge in [0.15, 0.2) is 0 Å². The molecule has 0 aliphatic rings. The zero-order valence-electron chi connectivity index (χ0n) is 14.8. The van der Waals surface area contributed by atoms with E-state index in [2.05, 4.69) is 15.0 Å². The molecule has 1 aromatic carbocycles. The van der Waals surface area contributed by atoms with Crippen LogP contribution < -0.4 is 10.0 Å². The molecule has 0 saturated carbocycles. The Morgan fingerprint density at radius 1 is 1.15 bits per heavy atom. The molecule has 0 aliphatic heterocycles. The van der Waals surface area contributed by atoms with Gasteiger partial charge in [0, 0.05) is 31.1 Å². The molecule has 1 aromatic heterocycles. The first-order valence-electron chi connectivity index (χ1n) is 8.28. The summed E-state index contributed by atoms with van der Waals surface area (Å²) in [5.74, 6) is -0.380. The molecule has 1 amide bonds. The number of benzene rings is 1. The summed E-state index contributed by atoms with van der Waals surface area (Å²) in [7, 11) is -3.42. The lowest BCUT2D eigenvalue weighted by Gasteiger charge is -2.13. The SMILES string of the molecule is CC(C)NS(=O)(=O)Cc1ccccc1CNC(=O)/C=C/c1cccnc1. The first-order valence-corrected chi connectivity index (χ1v) is 9.94. The summed E-state index contributed by atoms with van der Waals surface area (Å²) in [6.07, 6.45) is 6.42. The average Bonchev–Trinajstić information content (AvgIpc) is 2.58.